The summed E-state index contributed by atoms with van der Waals surface area (Å²) in [7, 11) is 0. The number of ether oxygens (including phenoxy) is 1. The summed E-state index contributed by atoms with van der Waals surface area (Å²) in [6.45, 7) is 6.03. The lowest BCUT2D eigenvalue weighted by molar-refractivity contribution is 0.357. The van der Waals surface area contributed by atoms with Crippen LogP contribution in [0.25, 0.3) is 0 Å². The van der Waals surface area contributed by atoms with E-state index in [0.717, 1.165) is 31.7 Å². The van der Waals surface area contributed by atoms with Gasteiger partial charge in [-0.15, -0.1) is 0 Å². The van der Waals surface area contributed by atoms with Crippen molar-refractivity contribution in [3.63, 3.8) is 0 Å². The topological polar surface area (TPSA) is 35.2 Å². The Morgan fingerprint density at radius 1 is 1.47 bits per heavy atom. The predicted octanol–water partition coefficient (Wildman–Crippen LogP) is 2.38. The van der Waals surface area contributed by atoms with Gasteiger partial charge in [-0.2, -0.15) is 0 Å². The summed E-state index contributed by atoms with van der Waals surface area (Å²) in [5.41, 5.74) is 9.89. The highest BCUT2D eigenvalue weighted by molar-refractivity contribution is 5.48. The molecule has 2 rings (SSSR count). The first-order valence-electron chi connectivity index (χ1n) is 5.69. The second-order valence-electron chi connectivity index (χ2n) is 4.35. The number of rotatable bonds is 3. The Morgan fingerprint density at radius 3 is 3.00 bits per heavy atom. The fourth-order valence-electron chi connectivity index (χ4n) is 2.50. The summed E-state index contributed by atoms with van der Waals surface area (Å²) in [5.74, 6) is 1.63. The van der Waals surface area contributed by atoms with Gasteiger partial charge in [0.05, 0.1) is 6.61 Å². The van der Waals surface area contributed by atoms with Crippen molar-refractivity contribution < 1.29 is 4.74 Å². The zero-order valence-corrected chi connectivity index (χ0v) is 9.55. The van der Waals surface area contributed by atoms with Crippen molar-refractivity contribution in [2.24, 2.45) is 5.73 Å². The van der Waals surface area contributed by atoms with Crippen LogP contribution in [0.2, 0.25) is 0 Å². The highest BCUT2D eigenvalue weighted by Gasteiger charge is 2.20. The molecule has 82 valence electrons. The average molecular weight is 205 g/mol. The first kappa shape index (κ1) is 10.5. The van der Waals surface area contributed by atoms with Gasteiger partial charge < -0.3 is 10.5 Å². The van der Waals surface area contributed by atoms with Crippen molar-refractivity contribution in [3.05, 3.63) is 28.8 Å². The molecule has 1 aromatic carbocycles. The summed E-state index contributed by atoms with van der Waals surface area (Å²) in [4.78, 5) is 0. The van der Waals surface area contributed by atoms with Crippen LogP contribution >= 0.6 is 0 Å². The van der Waals surface area contributed by atoms with E-state index in [0.29, 0.717) is 5.92 Å². The first-order valence-corrected chi connectivity index (χ1v) is 5.69. The first-order chi connectivity index (χ1) is 7.24. The molecular formula is C13H19NO. The van der Waals surface area contributed by atoms with E-state index >= 15 is 0 Å². The van der Waals surface area contributed by atoms with Gasteiger partial charge in [-0.05, 0) is 43.0 Å². The number of nitrogens with two attached hydrogens (primary N) is 1. The highest BCUT2D eigenvalue weighted by Crippen LogP contribution is 2.35. The molecule has 0 bridgehead atoms. The molecule has 1 heterocycles. The fourth-order valence-corrected chi connectivity index (χ4v) is 2.50. The van der Waals surface area contributed by atoms with E-state index in [1.807, 2.05) is 0 Å². The van der Waals surface area contributed by atoms with Gasteiger partial charge in [-0.25, -0.2) is 0 Å². The van der Waals surface area contributed by atoms with Crippen molar-refractivity contribution in [1.82, 2.24) is 0 Å². The van der Waals surface area contributed by atoms with Gasteiger partial charge in [0, 0.05) is 12.0 Å². The molecule has 1 unspecified atom stereocenters. The van der Waals surface area contributed by atoms with Crippen LogP contribution < -0.4 is 10.5 Å². The third kappa shape index (κ3) is 1.86. The van der Waals surface area contributed by atoms with Crippen LogP contribution in [-0.2, 0) is 6.42 Å². The third-order valence-corrected chi connectivity index (χ3v) is 3.23. The van der Waals surface area contributed by atoms with Crippen molar-refractivity contribution in [1.29, 1.82) is 0 Å². The summed E-state index contributed by atoms with van der Waals surface area (Å²) in [5, 5.41) is 0. The number of hydrogen-bond donors (Lipinski definition) is 1. The maximum Gasteiger partial charge on any atom is 0.122 e. The smallest absolute Gasteiger partial charge is 0.122 e. The minimum absolute atomic E-state index is 0.548. The Labute approximate surface area is 91.4 Å². The molecule has 0 spiro atoms. The van der Waals surface area contributed by atoms with E-state index < -0.39 is 0 Å². The fraction of sp³-hybridized carbons (Fsp3) is 0.538. The molecule has 0 saturated carbocycles. The SMILES string of the molecule is Cc1ccc2c(c1C(C)CCN)CCO2. The lowest BCUT2D eigenvalue weighted by Crippen LogP contribution is -2.07. The Balaban J connectivity index is 2.40. The van der Waals surface area contributed by atoms with Crippen LogP contribution in [0.3, 0.4) is 0 Å². The van der Waals surface area contributed by atoms with E-state index in [-0.39, 0.29) is 0 Å². The van der Waals surface area contributed by atoms with Crippen LogP contribution in [0, 0.1) is 6.92 Å². The Morgan fingerprint density at radius 2 is 2.27 bits per heavy atom. The molecule has 0 fully saturated rings. The van der Waals surface area contributed by atoms with Crippen LogP contribution in [0.1, 0.15) is 36.0 Å². The van der Waals surface area contributed by atoms with Gasteiger partial charge in [0.2, 0.25) is 0 Å². The van der Waals surface area contributed by atoms with E-state index in [1.54, 1.807) is 0 Å². The molecule has 2 nitrogen and oxygen atoms in total. The summed E-state index contributed by atoms with van der Waals surface area (Å²) in [6, 6.07) is 4.25. The van der Waals surface area contributed by atoms with Gasteiger partial charge in [0.25, 0.3) is 0 Å². The van der Waals surface area contributed by atoms with Gasteiger partial charge >= 0.3 is 0 Å². The minimum atomic E-state index is 0.548. The minimum Gasteiger partial charge on any atom is -0.493 e. The number of benzene rings is 1. The molecular weight excluding hydrogens is 186 g/mol. The van der Waals surface area contributed by atoms with E-state index in [4.69, 9.17) is 10.5 Å². The van der Waals surface area contributed by atoms with Crippen LogP contribution in [0.4, 0.5) is 0 Å². The molecule has 2 N–H and O–H groups in total. The van der Waals surface area contributed by atoms with Crippen molar-refractivity contribution in [2.45, 2.75) is 32.6 Å². The maximum absolute atomic E-state index is 5.63. The molecule has 15 heavy (non-hydrogen) atoms. The molecule has 1 aromatic rings. The Bertz CT molecular complexity index is 360. The lowest BCUT2D eigenvalue weighted by Gasteiger charge is -2.17. The lowest BCUT2D eigenvalue weighted by atomic mass is 9.88. The molecule has 1 aliphatic rings. The van der Waals surface area contributed by atoms with Crippen LogP contribution in [-0.4, -0.2) is 13.2 Å². The maximum atomic E-state index is 5.63. The molecule has 1 aliphatic heterocycles. The largest absolute Gasteiger partial charge is 0.493 e. The molecule has 0 saturated heterocycles. The Hall–Kier alpha value is -1.02. The molecule has 0 amide bonds. The van der Waals surface area contributed by atoms with Crippen LogP contribution in [0.5, 0.6) is 5.75 Å². The van der Waals surface area contributed by atoms with E-state index in [1.165, 1.54) is 16.7 Å². The summed E-state index contributed by atoms with van der Waals surface area (Å²) < 4.78 is 5.59. The van der Waals surface area contributed by atoms with Crippen molar-refractivity contribution in [3.8, 4) is 5.75 Å². The molecule has 1 atom stereocenters. The second kappa shape index (κ2) is 4.23. The molecule has 0 aliphatic carbocycles. The monoisotopic (exact) mass is 205 g/mol. The van der Waals surface area contributed by atoms with E-state index in [2.05, 4.69) is 26.0 Å². The van der Waals surface area contributed by atoms with Gasteiger partial charge in [-0.3, -0.25) is 0 Å². The number of hydrogen-bond acceptors (Lipinski definition) is 2. The quantitative estimate of drug-likeness (QED) is 0.822. The molecule has 0 radical (unpaired) electrons. The number of fused-ring (bicyclic) bond motifs is 1. The zero-order valence-electron chi connectivity index (χ0n) is 9.55. The molecule has 0 aromatic heterocycles. The highest BCUT2D eigenvalue weighted by atomic mass is 16.5. The average Bonchev–Trinajstić information content (AvgIpc) is 2.65. The summed E-state index contributed by atoms with van der Waals surface area (Å²) in [6.07, 6.45) is 2.11. The third-order valence-electron chi connectivity index (χ3n) is 3.23. The predicted molar refractivity (Wildman–Crippen MR) is 62.5 cm³/mol. The normalized spacial score (nSPS) is 15.9. The molecule has 2 heteroatoms. The zero-order chi connectivity index (χ0) is 10.8. The van der Waals surface area contributed by atoms with Crippen molar-refractivity contribution >= 4 is 0 Å². The van der Waals surface area contributed by atoms with Gasteiger partial charge in [-0.1, -0.05) is 13.0 Å². The van der Waals surface area contributed by atoms with Gasteiger partial charge in [0.1, 0.15) is 5.75 Å². The summed E-state index contributed by atoms with van der Waals surface area (Å²) >= 11 is 0. The second-order valence-corrected chi connectivity index (χ2v) is 4.35. The van der Waals surface area contributed by atoms with Crippen LogP contribution in [0.15, 0.2) is 12.1 Å². The van der Waals surface area contributed by atoms with Crippen molar-refractivity contribution in [2.75, 3.05) is 13.2 Å². The van der Waals surface area contributed by atoms with E-state index in [9.17, 15) is 0 Å². The standard InChI is InChI=1S/C13H19NO/c1-9-3-4-12-11(6-8-15-12)13(9)10(2)5-7-14/h3-4,10H,5-8,14H2,1-2H3. The number of aryl methyl sites for hydroxylation is 1. The Kier molecular flexibility index (Phi) is 2.96. The van der Waals surface area contributed by atoms with Gasteiger partial charge in [0.15, 0.2) is 0 Å².